The first-order chi connectivity index (χ1) is 8.37. The van der Waals surface area contributed by atoms with E-state index in [-0.39, 0.29) is 25.9 Å². The molecular weight excluding hydrogens is 238 g/mol. The smallest absolute Gasteiger partial charge is 0.0972 e. The molecule has 0 fully saturated rings. The molecule has 0 amide bonds. The van der Waals surface area contributed by atoms with Crippen molar-refractivity contribution in [3.63, 3.8) is 0 Å². The van der Waals surface area contributed by atoms with E-state index in [0.29, 0.717) is 19.8 Å². The SMILES string of the molecule is CC(C)OCCOCC(O)CNCC(C)(O)CO. The molecule has 0 rings (SSSR count). The van der Waals surface area contributed by atoms with Crippen LogP contribution in [0.2, 0.25) is 0 Å². The molecule has 110 valence electrons. The van der Waals surface area contributed by atoms with Gasteiger partial charge in [0.25, 0.3) is 0 Å². The van der Waals surface area contributed by atoms with E-state index in [0.717, 1.165) is 0 Å². The maximum Gasteiger partial charge on any atom is 0.0972 e. The standard InChI is InChI=1S/C12H27NO5/c1-10(2)18-5-4-17-7-11(15)6-13-8-12(3,16)9-14/h10-11,13-16H,4-9H2,1-3H3. The van der Waals surface area contributed by atoms with Gasteiger partial charge in [-0.2, -0.15) is 0 Å². The second-order valence-electron chi connectivity index (χ2n) is 4.93. The molecule has 0 aliphatic rings. The molecule has 2 atom stereocenters. The van der Waals surface area contributed by atoms with Gasteiger partial charge in [-0.25, -0.2) is 0 Å². The van der Waals surface area contributed by atoms with Crippen LogP contribution in [0, 0.1) is 0 Å². The van der Waals surface area contributed by atoms with E-state index in [1.165, 1.54) is 6.92 Å². The number of aliphatic hydroxyl groups excluding tert-OH is 2. The molecule has 18 heavy (non-hydrogen) atoms. The van der Waals surface area contributed by atoms with E-state index in [1.807, 2.05) is 13.8 Å². The molecule has 0 aromatic carbocycles. The summed E-state index contributed by atoms with van der Waals surface area (Å²) in [6.45, 7) is 6.80. The van der Waals surface area contributed by atoms with Crippen LogP contribution in [-0.2, 0) is 9.47 Å². The predicted octanol–water partition coefficient (Wildman–Crippen LogP) is -0.878. The fraction of sp³-hybridized carbons (Fsp3) is 1.00. The summed E-state index contributed by atoms with van der Waals surface area (Å²) in [7, 11) is 0. The van der Waals surface area contributed by atoms with Crippen LogP contribution in [0.25, 0.3) is 0 Å². The van der Waals surface area contributed by atoms with Crippen LogP contribution >= 0.6 is 0 Å². The fourth-order valence-electron chi connectivity index (χ4n) is 1.19. The topological polar surface area (TPSA) is 91.2 Å². The van der Waals surface area contributed by atoms with Crippen LogP contribution in [0.1, 0.15) is 20.8 Å². The summed E-state index contributed by atoms with van der Waals surface area (Å²) in [6.07, 6.45) is -0.459. The van der Waals surface area contributed by atoms with Crippen molar-refractivity contribution in [2.24, 2.45) is 0 Å². The van der Waals surface area contributed by atoms with Gasteiger partial charge in [0.1, 0.15) is 0 Å². The number of hydrogen-bond donors (Lipinski definition) is 4. The molecule has 0 heterocycles. The van der Waals surface area contributed by atoms with E-state index in [1.54, 1.807) is 0 Å². The summed E-state index contributed by atoms with van der Waals surface area (Å²) in [4.78, 5) is 0. The quantitative estimate of drug-likeness (QED) is 0.363. The van der Waals surface area contributed by atoms with Crippen LogP contribution in [0.4, 0.5) is 0 Å². The summed E-state index contributed by atoms with van der Waals surface area (Å²) >= 11 is 0. The maximum atomic E-state index is 9.55. The van der Waals surface area contributed by atoms with Crippen molar-refractivity contribution >= 4 is 0 Å². The molecule has 0 spiro atoms. The largest absolute Gasteiger partial charge is 0.393 e. The van der Waals surface area contributed by atoms with Gasteiger partial charge in [-0.15, -0.1) is 0 Å². The molecule has 0 aliphatic carbocycles. The third-order valence-electron chi connectivity index (χ3n) is 2.22. The Morgan fingerprint density at radius 1 is 1.28 bits per heavy atom. The van der Waals surface area contributed by atoms with E-state index >= 15 is 0 Å². The average molecular weight is 265 g/mol. The highest BCUT2D eigenvalue weighted by Crippen LogP contribution is 1.98. The van der Waals surface area contributed by atoms with Crippen LogP contribution in [0.5, 0.6) is 0 Å². The van der Waals surface area contributed by atoms with Gasteiger partial charge < -0.3 is 30.1 Å². The van der Waals surface area contributed by atoms with Crippen molar-refractivity contribution < 1.29 is 24.8 Å². The fourth-order valence-corrected chi connectivity index (χ4v) is 1.19. The zero-order valence-corrected chi connectivity index (χ0v) is 11.6. The Hall–Kier alpha value is -0.240. The lowest BCUT2D eigenvalue weighted by molar-refractivity contribution is -0.0166. The van der Waals surface area contributed by atoms with Crippen molar-refractivity contribution in [1.29, 1.82) is 0 Å². The Morgan fingerprint density at radius 2 is 1.94 bits per heavy atom. The van der Waals surface area contributed by atoms with E-state index in [4.69, 9.17) is 14.6 Å². The van der Waals surface area contributed by atoms with Gasteiger partial charge in [0, 0.05) is 13.1 Å². The van der Waals surface area contributed by atoms with Gasteiger partial charge in [0.2, 0.25) is 0 Å². The van der Waals surface area contributed by atoms with Gasteiger partial charge in [0.05, 0.1) is 44.2 Å². The Bertz CT molecular complexity index is 199. The molecule has 0 saturated carbocycles. The molecule has 0 aromatic heterocycles. The first kappa shape index (κ1) is 17.8. The first-order valence-electron chi connectivity index (χ1n) is 6.29. The van der Waals surface area contributed by atoms with Gasteiger partial charge in [-0.3, -0.25) is 0 Å². The van der Waals surface area contributed by atoms with Crippen molar-refractivity contribution in [1.82, 2.24) is 5.32 Å². The van der Waals surface area contributed by atoms with E-state index in [9.17, 15) is 10.2 Å². The van der Waals surface area contributed by atoms with Gasteiger partial charge in [-0.1, -0.05) is 0 Å². The lowest BCUT2D eigenvalue weighted by Gasteiger charge is -2.21. The summed E-state index contributed by atoms with van der Waals surface area (Å²) in [5, 5.41) is 30.7. The lowest BCUT2D eigenvalue weighted by Crippen LogP contribution is -2.44. The van der Waals surface area contributed by atoms with Crippen LogP contribution in [0.3, 0.4) is 0 Å². The Morgan fingerprint density at radius 3 is 2.50 bits per heavy atom. The predicted molar refractivity (Wildman–Crippen MR) is 68.5 cm³/mol. The average Bonchev–Trinajstić information content (AvgIpc) is 2.28. The summed E-state index contributed by atoms with van der Waals surface area (Å²) < 4.78 is 10.5. The summed E-state index contributed by atoms with van der Waals surface area (Å²) in [5.41, 5.74) is -1.16. The van der Waals surface area contributed by atoms with E-state index < -0.39 is 11.7 Å². The highest BCUT2D eigenvalue weighted by atomic mass is 16.5. The number of hydrogen-bond acceptors (Lipinski definition) is 6. The van der Waals surface area contributed by atoms with Crippen molar-refractivity contribution in [3.8, 4) is 0 Å². The highest BCUT2D eigenvalue weighted by Gasteiger charge is 2.18. The van der Waals surface area contributed by atoms with Crippen molar-refractivity contribution in [2.45, 2.75) is 38.6 Å². The molecule has 0 aromatic rings. The Balaban J connectivity index is 3.40. The zero-order valence-electron chi connectivity index (χ0n) is 11.6. The summed E-state index contributed by atoms with van der Waals surface area (Å²) in [5.74, 6) is 0. The molecule has 0 radical (unpaired) electrons. The first-order valence-corrected chi connectivity index (χ1v) is 6.29. The van der Waals surface area contributed by atoms with Gasteiger partial charge in [-0.05, 0) is 20.8 Å². The van der Waals surface area contributed by atoms with Crippen molar-refractivity contribution in [2.75, 3.05) is 39.5 Å². The minimum absolute atomic E-state index is 0.181. The summed E-state index contributed by atoms with van der Waals surface area (Å²) in [6, 6.07) is 0. The number of aliphatic hydroxyl groups is 3. The monoisotopic (exact) mass is 265 g/mol. The second-order valence-corrected chi connectivity index (χ2v) is 4.93. The van der Waals surface area contributed by atoms with Crippen LogP contribution in [-0.4, -0.2) is 72.6 Å². The molecule has 4 N–H and O–H groups in total. The molecule has 0 aliphatic heterocycles. The minimum Gasteiger partial charge on any atom is -0.393 e. The van der Waals surface area contributed by atoms with E-state index in [2.05, 4.69) is 5.32 Å². The maximum absolute atomic E-state index is 9.55. The number of rotatable bonds is 11. The minimum atomic E-state index is -1.16. The molecular formula is C12H27NO5. The molecule has 6 nitrogen and oxygen atoms in total. The molecule has 2 unspecified atom stereocenters. The third kappa shape index (κ3) is 10.9. The molecule has 0 bridgehead atoms. The number of nitrogens with one attached hydrogen (secondary N) is 1. The zero-order chi connectivity index (χ0) is 14.0. The Labute approximate surface area is 109 Å². The van der Waals surface area contributed by atoms with Gasteiger partial charge in [0.15, 0.2) is 0 Å². The highest BCUT2D eigenvalue weighted by molar-refractivity contribution is 4.74. The molecule has 0 saturated heterocycles. The van der Waals surface area contributed by atoms with Crippen LogP contribution < -0.4 is 5.32 Å². The Kier molecular flexibility index (Phi) is 9.53. The van der Waals surface area contributed by atoms with Gasteiger partial charge >= 0.3 is 0 Å². The van der Waals surface area contributed by atoms with Crippen LogP contribution in [0.15, 0.2) is 0 Å². The molecule has 6 heteroatoms. The third-order valence-corrected chi connectivity index (χ3v) is 2.22. The lowest BCUT2D eigenvalue weighted by atomic mass is 10.1. The number of ether oxygens (including phenoxy) is 2. The van der Waals surface area contributed by atoms with Crippen molar-refractivity contribution in [3.05, 3.63) is 0 Å². The normalized spacial score (nSPS) is 16.8. The second kappa shape index (κ2) is 9.66.